The third-order valence-corrected chi connectivity index (χ3v) is 6.50. The summed E-state index contributed by atoms with van der Waals surface area (Å²) in [5.41, 5.74) is 0.0390. The Morgan fingerprint density at radius 2 is 1.90 bits per heavy atom. The highest BCUT2D eigenvalue weighted by Gasteiger charge is 2.64. The molecule has 154 valence electrons. The summed E-state index contributed by atoms with van der Waals surface area (Å²) in [5.74, 6) is -1.04. The molecule has 6 nitrogen and oxygen atoms in total. The molecule has 5 rings (SSSR count). The van der Waals surface area contributed by atoms with Gasteiger partial charge in [-0.2, -0.15) is 0 Å². The van der Waals surface area contributed by atoms with Crippen LogP contribution in [0.3, 0.4) is 0 Å². The molecule has 1 atom stereocenters. The lowest BCUT2D eigenvalue weighted by Gasteiger charge is -2.48. The number of nitrogens with zero attached hydrogens (tertiary/aromatic N) is 2. The SMILES string of the molecule is O=C1CCC2(C(=O)OCc3ccc(Cl)cc3Cl)N1c1ccccc1C(=O)N2C1CC1. The number of hydrogen-bond donors (Lipinski definition) is 0. The van der Waals surface area contributed by atoms with Gasteiger partial charge in [-0.3, -0.25) is 14.5 Å². The monoisotopic (exact) mass is 444 g/mol. The maximum absolute atomic E-state index is 13.5. The van der Waals surface area contributed by atoms with E-state index >= 15 is 0 Å². The summed E-state index contributed by atoms with van der Waals surface area (Å²) in [6, 6.07) is 11.8. The van der Waals surface area contributed by atoms with Crippen LogP contribution in [0.1, 0.15) is 41.6 Å². The van der Waals surface area contributed by atoms with E-state index in [1.165, 1.54) is 4.90 Å². The van der Waals surface area contributed by atoms with Crippen LogP contribution in [-0.4, -0.2) is 34.4 Å². The fourth-order valence-corrected chi connectivity index (χ4v) is 4.87. The van der Waals surface area contributed by atoms with E-state index in [4.69, 9.17) is 27.9 Å². The summed E-state index contributed by atoms with van der Waals surface area (Å²) in [5, 5.41) is 0.867. The molecule has 1 aliphatic carbocycles. The van der Waals surface area contributed by atoms with Gasteiger partial charge in [0.1, 0.15) is 6.61 Å². The van der Waals surface area contributed by atoms with E-state index in [9.17, 15) is 14.4 Å². The van der Waals surface area contributed by atoms with Gasteiger partial charge in [0, 0.05) is 34.5 Å². The van der Waals surface area contributed by atoms with Crippen molar-refractivity contribution in [2.24, 2.45) is 0 Å². The molecule has 0 bridgehead atoms. The molecule has 2 amide bonds. The molecule has 1 unspecified atom stereocenters. The van der Waals surface area contributed by atoms with Crippen molar-refractivity contribution in [3.05, 3.63) is 63.6 Å². The molecule has 2 aromatic rings. The minimum atomic E-state index is -1.46. The number of para-hydroxylation sites is 1. The van der Waals surface area contributed by atoms with E-state index in [0.717, 1.165) is 12.8 Å². The standard InChI is InChI=1S/C22H18Cl2N2O4/c23-14-6-5-13(17(24)11-14)12-30-21(29)22-10-9-19(27)26(22)18-4-2-1-3-16(18)20(28)25(22)15-7-8-15/h1-6,11,15H,7-10,12H2. The van der Waals surface area contributed by atoms with E-state index in [-0.39, 0.29) is 37.3 Å². The first-order valence-corrected chi connectivity index (χ1v) is 10.6. The normalized spacial score (nSPS) is 22.7. The lowest BCUT2D eigenvalue weighted by molar-refractivity contribution is -0.159. The second-order valence-corrected chi connectivity index (χ2v) is 8.62. The van der Waals surface area contributed by atoms with Crippen LogP contribution in [0.15, 0.2) is 42.5 Å². The number of esters is 1. The van der Waals surface area contributed by atoms with Crippen LogP contribution < -0.4 is 4.90 Å². The highest BCUT2D eigenvalue weighted by atomic mass is 35.5. The van der Waals surface area contributed by atoms with Crippen LogP contribution in [-0.2, 0) is 20.9 Å². The molecule has 2 fully saturated rings. The number of fused-ring (bicyclic) bond motifs is 3. The molecule has 8 heteroatoms. The van der Waals surface area contributed by atoms with Crippen LogP contribution in [0.2, 0.25) is 10.0 Å². The van der Waals surface area contributed by atoms with Gasteiger partial charge in [0.15, 0.2) is 0 Å². The summed E-state index contributed by atoms with van der Waals surface area (Å²) in [4.78, 5) is 42.8. The molecule has 0 radical (unpaired) electrons. The quantitative estimate of drug-likeness (QED) is 0.663. The van der Waals surface area contributed by atoms with Gasteiger partial charge in [-0.25, -0.2) is 4.79 Å². The van der Waals surface area contributed by atoms with Crippen molar-refractivity contribution in [3.63, 3.8) is 0 Å². The summed E-state index contributed by atoms with van der Waals surface area (Å²) in [6.07, 6.45) is 1.97. The Morgan fingerprint density at radius 3 is 2.63 bits per heavy atom. The molecule has 0 aromatic heterocycles. The van der Waals surface area contributed by atoms with Crippen LogP contribution in [0.25, 0.3) is 0 Å². The molecular weight excluding hydrogens is 427 g/mol. The average Bonchev–Trinajstić information content (AvgIpc) is 3.50. The number of halogens is 2. The molecule has 0 spiro atoms. The zero-order chi connectivity index (χ0) is 21.0. The third kappa shape index (κ3) is 2.81. The van der Waals surface area contributed by atoms with Crippen LogP contribution in [0, 0.1) is 0 Å². The first kappa shape index (κ1) is 19.4. The van der Waals surface area contributed by atoms with E-state index in [0.29, 0.717) is 26.9 Å². The fourth-order valence-electron chi connectivity index (χ4n) is 4.41. The Balaban J connectivity index is 1.54. The topological polar surface area (TPSA) is 66.9 Å². The number of carbonyl (C=O) groups excluding carboxylic acids is 3. The van der Waals surface area contributed by atoms with E-state index in [2.05, 4.69) is 0 Å². The van der Waals surface area contributed by atoms with E-state index in [1.807, 2.05) is 0 Å². The van der Waals surface area contributed by atoms with Gasteiger partial charge in [-0.15, -0.1) is 0 Å². The molecule has 2 aliphatic heterocycles. The van der Waals surface area contributed by atoms with Crippen LogP contribution >= 0.6 is 23.2 Å². The molecule has 1 saturated carbocycles. The largest absolute Gasteiger partial charge is 0.458 e. The van der Waals surface area contributed by atoms with Gasteiger partial charge < -0.3 is 9.64 Å². The maximum Gasteiger partial charge on any atom is 0.354 e. The zero-order valence-corrected chi connectivity index (χ0v) is 17.4. The van der Waals surface area contributed by atoms with Crippen molar-refractivity contribution in [1.29, 1.82) is 0 Å². The first-order valence-electron chi connectivity index (χ1n) is 9.80. The Morgan fingerprint density at radius 1 is 1.13 bits per heavy atom. The van der Waals surface area contributed by atoms with Gasteiger partial charge in [0.05, 0.1) is 11.3 Å². The molecular formula is C22H18Cl2N2O4. The smallest absolute Gasteiger partial charge is 0.354 e. The molecule has 2 heterocycles. The number of benzene rings is 2. The second kappa shape index (κ2) is 7.00. The Labute approximate surface area is 183 Å². The number of rotatable bonds is 4. The number of carbonyl (C=O) groups is 3. The average molecular weight is 445 g/mol. The number of anilines is 1. The molecule has 3 aliphatic rings. The minimum Gasteiger partial charge on any atom is -0.458 e. The lowest BCUT2D eigenvalue weighted by atomic mass is 9.96. The first-order chi connectivity index (χ1) is 14.4. The highest BCUT2D eigenvalue weighted by molar-refractivity contribution is 6.35. The van der Waals surface area contributed by atoms with Gasteiger partial charge in [-0.1, -0.05) is 41.4 Å². The summed E-state index contributed by atoms with van der Waals surface area (Å²) in [6.45, 7) is -0.0764. The lowest BCUT2D eigenvalue weighted by Crippen LogP contribution is -2.69. The van der Waals surface area contributed by atoms with Crippen LogP contribution in [0.5, 0.6) is 0 Å². The molecule has 1 saturated heterocycles. The molecule has 0 N–H and O–H groups in total. The predicted molar refractivity (Wildman–Crippen MR) is 111 cm³/mol. The summed E-state index contributed by atoms with van der Waals surface area (Å²) in [7, 11) is 0. The van der Waals surface area contributed by atoms with Crippen molar-refractivity contribution in [2.45, 2.75) is 44.0 Å². The Kier molecular flexibility index (Phi) is 4.52. The van der Waals surface area contributed by atoms with Crippen molar-refractivity contribution in [1.82, 2.24) is 4.90 Å². The van der Waals surface area contributed by atoms with Crippen molar-refractivity contribution in [3.8, 4) is 0 Å². The van der Waals surface area contributed by atoms with Gasteiger partial charge >= 0.3 is 5.97 Å². The van der Waals surface area contributed by atoms with Crippen LogP contribution in [0.4, 0.5) is 5.69 Å². The van der Waals surface area contributed by atoms with E-state index in [1.54, 1.807) is 47.4 Å². The second-order valence-electron chi connectivity index (χ2n) is 7.78. The summed E-state index contributed by atoms with van der Waals surface area (Å²) < 4.78 is 5.66. The van der Waals surface area contributed by atoms with E-state index < -0.39 is 11.6 Å². The third-order valence-electron chi connectivity index (χ3n) is 5.91. The Bertz CT molecular complexity index is 1080. The predicted octanol–water partition coefficient (Wildman–Crippen LogP) is 4.18. The minimum absolute atomic E-state index is 0.0764. The van der Waals surface area contributed by atoms with Gasteiger partial charge in [0.2, 0.25) is 11.6 Å². The zero-order valence-electron chi connectivity index (χ0n) is 15.9. The summed E-state index contributed by atoms with van der Waals surface area (Å²) >= 11 is 12.1. The number of hydrogen-bond acceptors (Lipinski definition) is 4. The van der Waals surface area contributed by atoms with Gasteiger partial charge in [-0.05, 0) is 37.1 Å². The molecule has 2 aromatic carbocycles. The van der Waals surface area contributed by atoms with Gasteiger partial charge in [0.25, 0.3) is 5.91 Å². The van der Waals surface area contributed by atoms with Crippen molar-refractivity contribution < 1.29 is 19.1 Å². The van der Waals surface area contributed by atoms with Crippen molar-refractivity contribution >= 4 is 46.7 Å². The molecule has 30 heavy (non-hydrogen) atoms. The Hall–Kier alpha value is -2.57. The fraction of sp³-hybridized carbons (Fsp3) is 0.318. The number of ether oxygens (including phenoxy) is 1. The highest BCUT2D eigenvalue weighted by Crippen LogP contribution is 2.49. The maximum atomic E-state index is 13.5. The van der Waals surface area contributed by atoms with Crippen molar-refractivity contribution in [2.75, 3.05) is 4.90 Å². The number of amides is 2.